The highest BCUT2D eigenvalue weighted by Crippen LogP contribution is 2.35. The molecule has 5 rings (SSSR count). The lowest BCUT2D eigenvalue weighted by molar-refractivity contribution is -0.114. The minimum atomic E-state index is -0.132. The van der Waals surface area contributed by atoms with E-state index in [0.717, 1.165) is 50.0 Å². The van der Waals surface area contributed by atoms with Gasteiger partial charge in [-0.2, -0.15) is 0 Å². The molecule has 0 bridgehead atoms. The number of fused-ring (bicyclic) bond motifs is 1. The van der Waals surface area contributed by atoms with Crippen LogP contribution >= 0.6 is 0 Å². The standard InChI is InChI=1S/C26H28N4O3/c1-17(31)28-21-10-8-19(9-11-21)24-23(29-25(33-24)20-12-14-27-15-13-20)26(32)30-16-4-6-18-5-2-3-7-22(18)30/h2-3,5,7-11,20,27H,4,6,12-16H2,1H3,(H,28,31). The maximum Gasteiger partial charge on any atom is 0.280 e. The van der Waals surface area contributed by atoms with E-state index in [4.69, 9.17) is 9.40 Å². The number of anilines is 2. The first-order valence-corrected chi connectivity index (χ1v) is 11.6. The molecule has 0 radical (unpaired) electrons. The summed E-state index contributed by atoms with van der Waals surface area (Å²) < 4.78 is 6.29. The van der Waals surface area contributed by atoms with E-state index in [1.165, 1.54) is 12.5 Å². The van der Waals surface area contributed by atoms with Gasteiger partial charge < -0.3 is 20.0 Å². The Bertz CT molecular complexity index is 1160. The molecule has 33 heavy (non-hydrogen) atoms. The van der Waals surface area contributed by atoms with Gasteiger partial charge in [0.05, 0.1) is 0 Å². The second-order valence-electron chi connectivity index (χ2n) is 8.70. The summed E-state index contributed by atoms with van der Waals surface area (Å²) >= 11 is 0. The first kappa shape index (κ1) is 21.4. The fraction of sp³-hybridized carbons (Fsp3) is 0.346. The monoisotopic (exact) mass is 444 g/mol. The maximum absolute atomic E-state index is 13.8. The van der Waals surface area contributed by atoms with Gasteiger partial charge in [-0.15, -0.1) is 0 Å². The van der Waals surface area contributed by atoms with Crippen molar-refractivity contribution in [2.75, 3.05) is 29.9 Å². The average molecular weight is 445 g/mol. The van der Waals surface area contributed by atoms with Crippen LogP contribution in [0.15, 0.2) is 52.9 Å². The Labute approximate surface area is 193 Å². The van der Waals surface area contributed by atoms with Crippen molar-refractivity contribution >= 4 is 23.2 Å². The SMILES string of the molecule is CC(=O)Nc1ccc(-c2oc(C3CCNCC3)nc2C(=O)N2CCCc3ccccc32)cc1. The van der Waals surface area contributed by atoms with E-state index in [1.807, 2.05) is 47.4 Å². The summed E-state index contributed by atoms with van der Waals surface area (Å²) in [6.45, 7) is 3.96. The molecule has 0 aliphatic carbocycles. The number of hydrogen-bond acceptors (Lipinski definition) is 5. The Hall–Kier alpha value is -3.45. The quantitative estimate of drug-likeness (QED) is 0.624. The van der Waals surface area contributed by atoms with Crippen molar-refractivity contribution in [3.05, 3.63) is 65.7 Å². The topological polar surface area (TPSA) is 87.5 Å². The van der Waals surface area contributed by atoms with Crippen molar-refractivity contribution in [2.45, 2.75) is 38.5 Å². The minimum absolute atomic E-state index is 0.129. The summed E-state index contributed by atoms with van der Waals surface area (Å²) in [5, 5.41) is 6.14. The van der Waals surface area contributed by atoms with E-state index in [1.54, 1.807) is 0 Å². The van der Waals surface area contributed by atoms with E-state index >= 15 is 0 Å². The summed E-state index contributed by atoms with van der Waals surface area (Å²) in [6, 6.07) is 15.4. The number of hydrogen-bond donors (Lipinski definition) is 2. The first-order valence-electron chi connectivity index (χ1n) is 11.6. The van der Waals surface area contributed by atoms with E-state index in [-0.39, 0.29) is 17.7 Å². The number of carbonyl (C=O) groups is 2. The van der Waals surface area contributed by atoms with Crippen LogP contribution in [0.25, 0.3) is 11.3 Å². The third kappa shape index (κ3) is 4.41. The Morgan fingerprint density at radius 3 is 2.61 bits per heavy atom. The summed E-state index contributed by atoms with van der Waals surface area (Å²) in [7, 11) is 0. The van der Waals surface area contributed by atoms with Crippen LogP contribution in [0.5, 0.6) is 0 Å². The number of piperidine rings is 1. The van der Waals surface area contributed by atoms with Crippen molar-refractivity contribution < 1.29 is 14.0 Å². The molecule has 2 aromatic carbocycles. The molecule has 2 amide bonds. The van der Waals surface area contributed by atoms with Crippen LogP contribution in [0, 0.1) is 0 Å². The zero-order valence-electron chi connectivity index (χ0n) is 18.8. The molecule has 0 spiro atoms. The highest BCUT2D eigenvalue weighted by Gasteiger charge is 2.31. The molecule has 3 heterocycles. The predicted molar refractivity (Wildman–Crippen MR) is 128 cm³/mol. The molecule has 1 saturated heterocycles. The summed E-state index contributed by atoms with van der Waals surface area (Å²) in [5.74, 6) is 1.05. The van der Waals surface area contributed by atoms with Gasteiger partial charge in [0.2, 0.25) is 5.91 Å². The van der Waals surface area contributed by atoms with E-state index in [9.17, 15) is 9.59 Å². The minimum Gasteiger partial charge on any atom is -0.440 e. The molecule has 3 aromatic rings. The van der Waals surface area contributed by atoms with Gasteiger partial charge in [-0.1, -0.05) is 18.2 Å². The molecule has 170 valence electrons. The van der Waals surface area contributed by atoms with Crippen molar-refractivity contribution in [3.8, 4) is 11.3 Å². The summed E-state index contributed by atoms with van der Waals surface area (Å²) in [4.78, 5) is 31.8. The molecule has 2 aliphatic rings. The highest BCUT2D eigenvalue weighted by atomic mass is 16.4. The second kappa shape index (κ2) is 9.19. The van der Waals surface area contributed by atoms with Gasteiger partial charge in [-0.25, -0.2) is 4.98 Å². The van der Waals surface area contributed by atoms with Crippen LogP contribution in [-0.2, 0) is 11.2 Å². The number of nitrogens with zero attached hydrogens (tertiary/aromatic N) is 2. The van der Waals surface area contributed by atoms with Gasteiger partial charge in [0.25, 0.3) is 5.91 Å². The van der Waals surface area contributed by atoms with Crippen molar-refractivity contribution in [1.29, 1.82) is 0 Å². The molecule has 0 unspecified atom stereocenters. The van der Waals surface area contributed by atoms with Crippen LogP contribution in [0.3, 0.4) is 0 Å². The smallest absolute Gasteiger partial charge is 0.280 e. The largest absolute Gasteiger partial charge is 0.440 e. The van der Waals surface area contributed by atoms with Crippen LogP contribution in [0.1, 0.15) is 54.0 Å². The van der Waals surface area contributed by atoms with E-state index in [0.29, 0.717) is 29.6 Å². The van der Waals surface area contributed by atoms with Gasteiger partial charge in [0.15, 0.2) is 17.3 Å². The molecule has 2 N–H and O–H groups in total. The molecule has 2 aliphatic heterocycles. The Kier molecular flexibility index (Phi) is 5.96. The zero-order valence-corrected chi connectivity index (χ0v) is 18.8. The van der Waals surface area contributed by atoms with E-state index in [2.05, 4.69) is 16.7 Å². The highest BCUT2D eigenvalue weighted by molar-refractivity contribution is 6.08. The van der Waals surface area contributed by atoms with Crippen LogP contribution in [0.2, 0.25) is 0 Å². The number of rotatable bonds is 4. The van der Waals surface area contributed by atoms with E-state index < -0.39 is 0 Å². The number of oxazole rings is 1. The van der Waals surface area contributed by atoms with Gasteiger partial charge in [0.1, 0.15) is 0 Å². The maximum atomic E-state index is 13.8. The lowest BCUT2D eigenvalue weighted by atomic mass is 9.98. The summed E-state index contributed by atoms with van der Waals surface area (Å²) in [5.41, 5.74) is 3.95. The first-order chi connectivity index (χ1) is 16.1. The number of aryl methyl sites for hydroxylation is 1. The molecule has 1 aromatic heterocycles. The second-order valence-corrected chi connectivity index (χ2v) is 8.70. The predicted octanol–water partition coefficient (Wildman–Crippen LogP) is 4.36. The van der Waals surface area contributed by atoms with Crippen molar-refractivity contribution in [3.63, 3.8) is 0 Å². The van der Waals surface area contributed by atoms with Gasteiger partial charge in [-0.05, 0) is 74.7 Å². The third-order valence-corrected chi connectivity index (χ3v) is 6.36. The molecule has 7 heteroatoms. The number of carbonyl (C=O) groups excluding carboxylic acids is 2. The Morgan fingerprint density at radius 2 is 1.85 bits per heavy atom. The number of amides is 2. The third-order valence-electron chi connectivity index (χ3n) is 6.36. The fourth-order valence-electron chi connectivity index (χ4n) is 4.70. The molecule has 0 saturated carbocycles. The van der Waals surface area contributed by atoms with Crippen LogP contribution in [0.4, 0.5) is 11.4 Å². The van der Waals surface area contributed by atoms with Gasteiger partial charge in [0, 0.05) is 36.3 Å². The molecular formula is C26H28N4O3. The van der Waals surface area contributed by atoms with Crippen molar-refractivity contribution in [1.82, 2.24) is 10.3 Å². The molecular weight excluding hydrogens is 416 g/mol. The molecule has 7 nitrogen and oxygen atoms in total. The summed E-state index contributed by atoms with van der Waals surface area (Å²) in [6.07, 6.45) is 3.75. The van der Waals surface area contributed by atoms with Crippen LogP contribution < -0.4 is 15.5 Å². The zero-order chi connectivity index (χ0) is 22.8. The Balaban J connectivity index is 1.53. The van der Waals surface area contributed by atoms with Crippen LogP contribution in [-0.4, -0.2) is 36.4 Å². The number of nitrogens with one attached hydrogen (secondary N) is 2. The lowest BCUT2D eigenvalue weighted by Crippen LogP contribution is -2.36. The number of benzene rings is 2. The molecule has 0 atom stereocenters. The van der Waals surface area contributed by atoms with Gasteiger partial charge >= 0.3 is 0 Å². The average Bonchev–Trinajstić information content (AvgIpc) is 3.29. The van der Waals surface area contributed by atoms with Crippen molar-refractivity contribution in [2.24, 2.45) is 0 Å². The Morgan fingerprint density at radius 1 is 1.09 bits per heavy atom. The number of para-hydroxylation sites is 1. The number of aromatic nitrogens is 1. The molecule has 1 fully saturated rings. The fourth-order valence-corrected chi connectivity index (χ4v) is 4.70. The van der Waals surface area contributed by atoms with Gasteiger partial charge in [-0.3, -0.25) is 9.59 Å². The normalized spacial score (nSPS) is 16.3. The lowest BCUT2D eigenvalue weighted by Gasteiger charge is -2.29.